The van der Waals surface area contributed by atoms with Crippen LogP contribution in [-0.4, -0.2) is 17.8 Å². The Bertz CT molecular complexity index is 48.5. The monoisotopic (exact) mass is 117 g/mol. The fourth-order valence-corrected chi connectivity index (χ4v) is 0.538. The molecule has 0 rings (SSSR count). The van der Waals surface area contributed by atoms with Gasteiger partial charge < -0.3 is 10.8 Å². The Labute approximate surface area is 50.7 Å². The molecular formula is C6H15NO. The van der Waals surface area contributed by atoms with Gasteiger partial charge in [0.25, 0.3) is 0 Å². The first-order valence-electron chi connectivity index (χ1n) is 3.08. The summed E-state index contributed by atoms with van der Waals surface area (Å²) in [6.07, 6.45) is 0.946. The molecule has 0 aromatic heterocycles. The molecule has 2 nitrogen and oxygen atoms in total. The minimum absolute atomic E-state index is 0.167. The second kappa shape index (κ2) is 3.87. The first-order valence-corrected chi connectivity index (χ1v) is 3.08. The molecule has 0 aromatic carbocycles. The summed E-state index contributed by atoms with van der Waals surface area (Å²) in [6, 6.07) is 0.167. The summed E-state index contributed by atoms with van der Waals surface area (Å²) in [7, 11) is 0. The first kappa shape index (κ1) is 7.92. The highest BCUT2D eigenvalue weighted by molar-refractivity contribution is 4.64. The molecule has 0 saturated heterocycles. The molecule has 0 aliphatic heterocycles. The summed E-state index contributed by atoms with van der Waals surface area (Å²) >= 11 is 0. The molecule has 0 aromatic rings. The molecule has 0 radical (unpaired) electrons. The zero-order chi connectivity index (χ0) is 6.57. The van der Waals surface area contributed by atoms with E-state index < -0.39 is 0 Å². The van der Waals surface area contributed by atoms with E-state index >= 15 is 0 Å². The lowest BCUT2D eigenvalue weighted by molar-refractivity contribution is 0.214. The van der Waals surface area contributed by atoms with Gasteiger partial charge in [-0.05, 0) is 12.3 Å². The lowest BCUT2D eigenvalue weighted by atomic mass is 10.0. The summed E-state index contributed by atoms with van der Waals surface area (Å²) in [5.74, 6) is 0.250. The van der Waals surface area contributed by atoms with Crippen molar-refractivity contribution < 1.29 is 5.11 Å². The van der Waals surface area contributed by atoms with Crippen LogP contribution in [0.25, 0.3) is 0 Å². The van der Waals surface area contributed by atoms with Crippen molar-refractivity contribution in [3.63, 3.8) is 0 Å². The van der Waals surface area contributed by atoms with E-state index in [2.05, 4.69) is 0 Å². The summed E-state index contributed by atoms with van der Waals surface area (Å²) in [4.78, 5) is 0. The normalized spacial score (nSPS) is 18.0. The van der Waals surface area contributed by atoms with Crippen LogP contribution in [0.5, 0.6) is 0 Å². The Morgan fingerprint density at radius 1 is 1.62 bits per heavy atom. The minimum Gasteiger partial charge on any atom is -0.396 e. The van der Waals surface area contributed by atoms with E-state index in [-0.39, 0.29) is 18.6 Å². The smallest absolute Gasteiger partial charge is 0.0471 e. The molecule has 0 heterocycles. The SMILES string of the molecule is CCC(N)[C@@H](C)CO. The maximum atomic E-state index is 8.56. The predicted octanol–water partition coefficient (Wildman–Crippen LogP) is 0.352. The average Bonchev–Trinajstić information content (AvgIpc) is 1.84. The van der Waals surface area contributed by atoms with Crippen LogP contribution in [0.1, 0.15) is 20.3 Å². The first-order chi connectivity index (χ1) is 3.72. The van der Waals surface area contributed by atoms with Crippen LogP contribution in [0.2, 0.25) is 0 Å². The van der Waals surface area contributed by atoms with Gasteiger partial charge in [-0.1, -0.05) is 13.8 Å². The lowest BCUT2D eigenvalue weighted by Gasteiger charge is -2.14. The molecule has 0 amide bonds. The topological polar surface area (TPSA) is 46.2 Å². The number of rotatable bonds is 3. The Hall–Kier alpha value is -0.0800. The molecule has 0 spiro atoms. The van der Waals surface area contributed by atoms with Crippen LogP contribution in [0.3, 0.4) is 0 Å². The highest BCUT2D eigenvalue weighted by Gasteiger charge is 2.07. The fourth-order valence-electron chi connectivity index (χ4n) is 0.538. The average molecular weight is 117 g/mol. The van der Waals surface area contributed by atoms with Gasteiger partial charge in [-0.15, -0.1) is 0 Å². The second-order valence-corrected chi connectivity index (χ2v) is 2.23. The molecule has 50 valence electrons. The Morgan fingerprint density at radius 3 is 2.25 bits per heavy atom. The van der Waals surface area contributed by atoms with Gasteiger partial charge in [-0.25, -0.2) is 0 Å². The standard InChI is InChI=1S/C6H15NO/c1-3-6(7)5(2)4-8/h5-6,8H,3-4,7H2,1-2H3/t5-,6?/m0/s1. The number of aliphatic hydroxyl groups excluding tert-OH is 1. The van der Waals surface area contributed by atoms with Crippen LogP contribution in [-0.2, 0) is 0 Å². The molecule has 2 atom stereocenters. The van der Waals surface area contributed by atoms with Gasteiger partial charge in [-0.2, -0.15) is 0 Å². The van der Waals surface area contributed by atoms with Crippen molar-refractivity contribution in [3.05, 3.63) is 0 Å². The van der Waals surface area contributed by atoms with Gasteiger partial charge in [0, 0.05) is 12.6 Å². The van der Waals surface area contributed by atoms with E-state index in [1.54, 1.807) is 0 Å². The van der Waals surface area contributed by atoms with Crippen LogP contribution in [0.15, 0.2) is 0 Å². The predicted molar refractivity (Wildman–Crippen MR) is 34.5 cm³/mol. The summed E-state index contributed by atoms with van der Waals surface area (Å²) < 4.78 is 0. The van der Waals surface area contributed by atoms with E-state index in [4.69, 9.17) is 10.8 Å². The summed E-state index contributed by atoms with van der Waals surface area (Å²) in [5, 5.41) is 8.56. The van der Waals surface area contributed by atoms with Gasteiger partial charge in [0.05, 0.1) is 0 Å². The van der Waals surface area contributed by atoms with Gasteiger partial charge in [0.15, 0.2) is 0 Å². The molecule has 2 heteroatoms. The molecule has 8 heavy (non-hydrogen) atoms. The van der Waals surface area contributed by atoms with Crippen molar-refractivity contribution in [2.24, 2.45) is 11.7 Å². The summed E-state index contributed by atoms with van der Waals surface area (Å²) in [6.45, 7) is 4.18. The van der Waals surface area contributed by atoms with Crippen molar-refractivity contribution in [2.75, 3.05) is 6.61 Å². The third-order valence-electron chi connectivity index (χ3n) is 1.49. The highest BCUT2D eigenvalue weighted by Crippen LogP contribution is 2.00. The maximum Gasteiger partial charge on any atom is 0.0471 e. The van der Waals surface area contributed by atoms with Crippen molar-refractivity contribution in [1.82, 2.24) is 0 Å². The minimum atomic E-state index is 0.167. The Kier molecular flexibility index (Phi) is 3.83. The molecule has 0 aliphatic rings. The van der Waals surface area contributed by atoms with Crippen LogP contribution in [0, 0.1) is 5.92 Å². The number of nitrogens with two attached hydrogens (primary N) is 1. The molecule has 0 bridgehead atoms. The third-order valence-corrected chi connectivity index (χ3v) is 1.49. The molecule has 0 fully saturated rings. The van der Waals surface area contributed by atoms with E-state index in [0.29, 0.717) is 0 Å². The zero-order valence-electron chi connectivity index (χ0n) is 5.59. The number of hydrogen-bond donors (Lipinski definition) is 2. The fraction of sp³-hybridized carbons (Fsp3) is 1.00. The van der Waals surface area contributed by atoms with Crippen LogP contribution >= 0.6 is 0 Å². The number of hydrogen-bond acceptors (Lipinski definition) is 2. The molecular weight excluding hydrogens is 102 g/mol. The van der Waals surface area contributed by atoms with Crippen molar-refractivity contribution in [3.8, 4) is 0 Å². The molecule has 3 N–H and O–H groups in total. The van der Waals surface area contributed by atoms with Crippen LogP contribution < -0.4 is 5.73 Å². The van der Waals surface area contributed by atoms with E-state index in [0.717, 1.165) is 6.42 Å². The zero-order valence-corrected chi connectivity index (χ0v) is 5.59. The quantitative estimate of drug-likeness (QED) is 0.560. The van der Waals surface area contributed by atoms with Crippen LogP contribution in [0.4, 0.5) is 0 Å². The molecule has 1 unspecified atom stereocenters. The van der Waals surface area contributed by atoms with Gasteiger partial charge >= 0.3 is 0 Å². The van der Waals surface area contributed by atoms with Gasteiger partial charge in [0.2, 0.25) is 0 Å². The highest BCUT2D eigenvalue weighted by atomic mass is 16.3. The van der Waals surface area contributed by atoms with E-state index in [1.165, 1.54) is 0 Å². The molecule has 0 aliphatic carbocycles. The van der Waals surface area contributed by atoms with Gasteiger partial charge in [-0.3, -0.25) is 0 Å². The van der Waals surface area contributed by atoms with Crippen molar-refractivity contribution in [2.45, 2.75) is 26.3 Å². The Morgan fingerprint density at radius 2 is 2.12 bits per heavy atom. The second-order valence-electron chi connectivity index (χ2n) is 2.23. The maximum absolute atomic E-state index is 8.56. The van der Waals surface area contributed by atoms with E-state index in [1.807, 2.05) is 13.8 Å². The summed E-state index contributed by atoms with van der Waals surface area (Å²) in [5.41, 5.74) is 5.57. The van der Waals surface area contributed by atoms with Gasteiger partial charge in [0.1, 0.15) is 0 Å². The Balaban J connectivity index is 3.29. The third kappa shape index (κ3) is 2.28. The number of aliphatic hydroxyl groups is 1. The largest absolute Gasteiger partial charge is 0.396 e. The van der Waals surface area contributed by atoms with Crippen molar-refractivity contribution in [1.29, 1.82) is 0 Å². The van der Waals surface area contributed by atoms with Crippen molar-refractivity contribution >= 4 is 0 Å². The van der Waals surface area contributed by atoms with E-state index in [9.17, 15) is 0 Å². The molecule has 0 saturated carbocycles. The lowest BCUT2D eigenvalue weighted by Crippen LogP contribution is -2.29.